The molecule has 43 heavy (non-hydrogen) atoms. The zero-order valence-corrected chi connectivity index (χ0v) is 28.4. The van der Waals surface area contributed by atoms with Crippen molar-refractivity contribution in [3.05, 3.63) is 63.1 Å². The highest BCUT2D eigenvalue weighted by atomic mass is 35.5. The Balaban J connectivity index is 1.24. The predicted molar refractivity (Wildman–Crippen MR) is 174 cm³/mol. The number of piperazine rings is 1. The van der Waals surface area contributed by atoms with Crippen molar-refractivity contribution < 1.29 is 17.9 Å². The van der Waals surface area contributed by atoms with Gasteiger partial charge in [0.1, 0.15) is 11.5 Å². The molecule has 0 N–H and O–H groups in total. The summed E-state index contributed by atoms with van der Waals surface area (Å²) < 4.78 is 32.7. The molecule has 0 radical (unpaired) electrons. The van der Waals surface area contributed by atoms with Gasteiger partial charge in [-0.05, 0) is 62.8 Å². The van der Waals surface area contributed by atoms with Crippen molar-refractivity contribution in [2.24, 2.45) is 5.92 Å². The fraction of sp³-hybridized carbons (Fsp3) is 0.581. The van der Waals surface area contributed by atoms with E-state index in [0.717, 1.165) is 62.6 Å². The summed E-state index contributed by atoms with van der Waals surface area (Å²) in [4.78, 5) is 19.5. The Hall–Kier alpha value is -1.43. The molecule has 2 aliphatic rings. The average molecular weight is 674 g/mol. The van der Waals surface area contributed by atoms with E-state index in [1.54, 1.807) is 4.90 Å². The average Bonchev–Trinajstić information content (AvgIpc) is 2.96. The first-order valence-electron chi connectivity index (χ1n) is 14.8. The maximum atomic E-state index is 13.0. The first kappa shape index (κ1) is 34.4. The van der Waals surface area contributed by atoms with Gasteiger partial charge in [0.15, 0.2) is 0 Å². The van der Waals surface area contributed by atoms with Gasteiger partial charge in [-0.2, -0.15) is 4.31 Å². The minimum Gasteiger partial charge on any atom is -0.370 e. The minimum absolute atomic E-state index is 0.0347. The van der Waals surface area contributed by atoms with Crippen LogP contribution in [0.3, 0.4) is 0 Å². The molecule has 4 rings (SSSR count). The molecule has 1 heterocycles. The number of rotatable bonds is 12. The lowest BCUT2D eigenvalue weighted by Gasteiger charge is -2.51. The van der Waals surface area contributed by atoms with E-state index in [1.807, 2.05) is 7.05 Å². The van der Waals surface area contributed by atoms with Gasteiger partial charge in [0, 0.05) is 63.9 Å². The third-order valence-electron chi connectivity index (χ3n) is 8.95. The van der Waals surface area contributed by atoms with Gasteiger partial charge in [-0.3, -0.25) is 9.69 Å². The van der Waals surface area contributed by atoms with Crippen molar-refractivity contribution in [3.8, 4) is 0 Å². The van der Waals surface area contributed by atoms with Gasteiger partial charge >= 0.3 is 0 Å². The van der Waals surface area contributed by atoms with E-state index < -0.39 is 10.0 Å². The van der Waals surface area contributed by atoms with E-state index in [2.05, 4.69) is 47.2 Å². The molecule has 2 fully saturated rings. The van der Waals surface area contributed by atoms with Crippen LogP contribution in [0, 0.1) is 5.92 Å². The first-order chi connectivity index (χ1) is 20.4. The summed E-state index contributed by atoms with van der Waals surface area (Å²) in [6.45, 7) is 5.05. The van der Waals surface area contributed by atoms with Crippen LogP contribution in [-0.4, -0.2) is 112 Å². The Labute approximate surface area is 271 Å². The van der Waals surface area contributed by atoms with Crippen LogP contribution in [-0.2, 0) is 26.0 Å². The van der Waals surface area contributed by atoms with Gasteiger partial charge < -0.3 is 14.5 Å². The van der Waals surface area contributed by atoms with Crippen molar-refractivity contribution in [1.29, 1.82) is 0 Å². The highest BCUT2D eigenvalue weighted by molar-refractivity contribution is 7.89. The van der Waals surface area contributed by atoms with Crippen LogP contribution in [0.2, 0.25) is 15.1 Å². The number of hydrogen-bond donors (Lipinski definition) is 0. The second-order valence-corrected chi connectivity index (χ2v) is 15.2. The number of hydrogen-bond acceptors (Lipinski definition) is 6. The molecule has 12 heteroatoms. The molecule has 0 unspecified atom stereocenters. The molecule has 2 aromatic carbocycles. The van der Waals surface area contributed by atoms with Crippen LogP contribution in [0.15, 0.2) is 47.4 Å². The third kappa shape index (κ3) is 8.85. The zero-order valence-electron chi connectivity index (χ0n) is 25.3. The smallest absolute Gasteiger partial charge is 0.248 e. The standard InChI is InChI=1S/C31H43Cl3N4O4S/c1-35-13-15-38(16-14-35)31(21-24-7-5-4-6-8-24)11-9-25(10-12-31)22-36(2)29(39)23-42-18-17-37(3)43(40,41)30-27(33)19-26(32)20-28(30)34/h4-8,19-20,25H,9-18,21-23H2,1-3H3. The molecule has 0 aromatic heterocycles. The zero-order chi connectivity index (χ0) is 31.2. The van der Waals surface area contributed by atoms with Gasteiger partial charge in [-0.15, -0.1) is 0 Å². The van der Waals surface area contributed by atoms with Crippen LogP contribution in [0.5, 0.6) is 0 Å². The van der Waals surface area contributed by atoms with Crippen molar-refractivity contribution in [2.75, 3.05) is 73.6 Å². The van der Waals surface area contributed by atoms with Crippen LogP contribution in [0.4, 0.5) is 0 Å². The van der Waals surface area contributed by atoms with Crippen molar-refractivity contribution in [3.63, 3.8) is 0 Å². The number of nitrogens with zero attached hydrogens (tertiary/aromatic N) is 4. The number of carbonyl (C=O) groups is 1. The van der Waals surface area contributed by atoms with Crippen LogP contribution in [0.1, 0.15) is 31.2 Å². The lowest BCUT2D eigenvalue weighted by molar-refractivity contribution is -0.135. The molecule has 2 aromatic rings. The quantitative estimate of drug-likeness (QED) is 0.290. The molecule has 1 saturated carbocycles. The molecule has 0 spiro atoms. The summed E-state index contributed by atoms with van der Waals surface area (Å²) in [6, 6.07) is 13.5. The fourth-order valence-electron chi connectivity index (χ4n) is 6.26. The molecule has 0 atom stereocenters. The molecule has 8 nitrogen and oxygen atoms in total. The Morgan fingerprint density at radius 2 is 1.60 bits per heavy atom. The van der Waals surface area contributed by atoms with Gasteiger partial charge in [0.25, 0.3) is 0 Å². The predicted octanol–water partition coefficient (Wildman–Crippen LogP) is 5.16. The lowest BCUT2D eigenvalue weighted by Crippen LogP contribution is -2.59. The largest absolute Gasteiger partial charge is 0.370 e. The number of amides is 1. The minimum atomic E-state index is -3.96. The van der Waals surface area contributed by atoms with Gasteiger partial charge in [0.05, 0.1) is 16.7 Å². The summed E-state index contributed by atoms with van der Waals surface area (Å²) in [6.07, 6.45) is 5.47. The molecule has 1 saturated heterocycles. The maximum Gasteiger partial charge on any atom is 0.248 e. The molecule has 1 aliphatic heterocycles. The summed E-state index contributed by atoms with van der Waals surface area (Å²) in [7, 11) is 1.46. The number of likely N-dealkylation sites (N-methyl/N-ethyl adjacent to an activating group) is 3. The Kier molecular flexibility index (Phi) is 12.2. The summed E-state index contributed by atoms with van der Waals surface area (Å²) in [5.41, 5.74) is 1.56. The van der Waals surface area contributed by atoms with Crippen LogP contribution in [0.25, 0.3) is 0 Å². The second-order valence-electron chi connectivity index (χ2n) is 12.0. The Bertz CT molecular complexity index is 1310. The number of sulfonamides is 1. The van der Waals surface area contributed by atoms with Gasteiger partial charge in [0.2, 0.25) is 15.9 Å². The van der Waals surface area contributed by atoms with Crippen molar-refractivity contribution in [2.45, 2.75) is 42.5 Å². The monoisotopic (exact) mass is 672 g/mol. The molecular weight excluding hydrogens is 631 g/mol. The number of ether oxygens (including phenoxy) is 1. The second kappa shape index (κ2) is 15.2. The van der Waals surface area contributed by atoms with E-state index in [-0.39, 0.29) is 51.2 Å². The summed E-state index contributed by atoms with van der Waals surface area (Å²) in [5.74, 6) is 0.324. The summed E-state index contributed by atoms with van der Waals surface area (Å²) >= 11 is 18.1. The van der Waals surface area contributed by atoms with Crippen LogP contribution >= 0.6 is 34.8 Å². The van der Waals surface area contributed by atoms with Gasteiger partial charge in [-0.25, -0.2) is 8.42 Å². The maximum absolute atomic E-state index is 13.0. The van der Waals surface area contributed by atoms with E-state index in [4.69, 9.17) is 39.5 Å². The number of halogens is 3. The van der Waals surface area contributed by atoms with Crippen molar-refractivity contribution >= 4 is 50.7 Å². The van der Waals surface area contributed by atoms with E-state index in [1.165, 1.54) is 24.7 Å². The van der Waals surface area contributed by atoms with E-state index >= 15 is 0 Å². The fourth-order valence-corrected chi connectivity index (χ4v) is 8.90. The number of carbonyl (C=O) groups excluding carboxylic acids is 1. The van der Waals surface area contributed by atoms with E-state index in [9.17, 15) is 13.2 Å². The normalized spacial score (nSPS) is 22.2. The molecule has 1 aliphatic carbocycles. The molecule has 0 bridgehead atoms. The lowest BCUT2D eigenvalue weighted by atomic mass is 9.72. The summed E-state index contributed by atoms with van der Waals surface area (Å²) in [5, 5.41) is 0.147. The van der Waals surface area contributed by atoms with Gasteiger partial charge in [-0.1, -0.05) is 65.1 Å². The number of benzene rings is 2. The molecule has 1 amide bonds. The Morgan fingerprint density at radius 3 is 2.21 bits per heavy atom. The van der Waals surface area contributed by atoms with Crippen LogP contribution < -0.4 is 0 Å². The third-order valence-corrected chi connectivity index (χ3v) is 11.9. The highest BCUT2D eigenvalue weighted by Gasteiger charge is 2.41. The molecular formula is C31H43Cl3N4O4S. The van der Waals surface area contributed by atoms with E-state index in [0.29, 0.717) is 12.5 Å². The molecule has 238 valence electrons. The Morgan fingerprint density at radius 1 is 1.00 bits per heavy atom. The topological polar surface area (TPSA) is 73.4 Å². The SMILES string of the molecule is CN1CCN(C2(Cc3ccccc3)CCC(CN(C)C(=O)COCCN(C)S(=O)(=O)c3c(Cl)cc(Cl)cc3Cl)CC2)CC1. The first-order valence-corrected chi connectivity index (χ1v) is 17.4. The van der Waals surface area contributed by atoms with Crippen molar-refractivity contribution in [1.82, 2.24) is 19.0 Å². The highest BCUT2D eigenvalue weighted by Crippen LogP contribution is 2.40.